The van der Waals surface area contributed by atoms with Crippen LogP contribution >= 0.6 is 23.4 Å². The lowest BCUT2D eigenvalue weighted by molar-refractivity contribution is -0.118. The quantitative estimate of drug-likeness (QED) is 0.684. The fourth-order valence-electron chi connectivity index (χ4n) is 2.16. The third-order valence-corrected chi connectivity index (χ3v) is 4.60. The summed E-state index contributed by atoms with van der Waals surface area (Å²) in [5, 5.41) is 5.31. The summed E-state index contributed by atoms with van der Waals surface area (Å²) >= 11 is 7.15. The minimum atomic E-state index is -0.455. The average molecular weight is 370 g/mol. The summed E-state index contributed by atoms with van der Waals surface area (Å²) in [6.07, 6.45) is 0. The van der Waals surface area contributed by atoms with Gasteiger partial charge >= 0.3 is 0 Å². The third kappa shape index (κ3) is 4.07. The molecule has 0 atom stereocenters. The van der Waals surface area contributed by atoms with Gasteiger partial charge in [0.1, 0.15) is 0 Å². The SMILES string of the molecule is CNC(=O)CSCC(=O)NCCN1C(=O)c2cccc(Cl)c2C1=O. The number of carbonyl (C=O) groups excluding carboxylic acids is 4. The van der Waals surface area contributed by atoms with Crippen LogP contribution in [0.4, 0.5) is 0 Å². The van der Waals surface area contributed by atoms with Crippen molar-refractivity contribution in [2.75, 3.05) is 31.6 Å². The van der Waals surface area contributed by atoms with E-state index in [0.717, 1.165) is 4.90 Å². The molecule has 4 amide bonds. The smallest absolute Gasteiger partial charge is 0.263 e. The van der Waals surface area contributed by atoms with Crippen LogP contribution in [0, 0.1) is 0 Å². The number of amides is 4. The molecule has 0 bridgehead atoms. The van der Waals surface area contributed by atoms with E-state index in [0.29, 0.717) is 0 Å². The van der Waals surface area contributed by atoms with Crippen LogP contribution in [0.1, 0.15) is 20.7 Å². The summed E-state index contributed by atoms with van der Waals surface area (Å²) in [6, 6.07) is 4.72. The monoisotopic (exact) mass is 369 g/mol. The number of rotatable bonds is 7. The predicted octanol–water partition coefficient (Wildman–Crippen LogP) is 0.531. The number of hydrogen-bond acceptors (Lipinski definition) is 5. The summed E-state index contributed by atoms with van der Waals surface area (Å²) in [6.45, 7) is 0.205. The van der Waals surface area contributed by atoms with E-state index in [4.69, 9.17) is 11.6 Å². The highest BCUT2D eigenvalue weighted by atomic mass is 35.5. The second kappa shape index (κ2) is 8.16. The van der Waals surface area contributed by atoms with Gasteiger partial charge in [0.2, 0.25) is 11.8 Å². The maximum absolute atomic E-state index is 12.2. The maximum atomic E-state index is 12.2. The molecule has 0 saturated heterocycles. The molecule has 1 aromatic rings. The van der Waals surface area contributed by atoms with E-state index in [9.17, 15) is 19.2 Å². The maximum Gasteiger partial charge on any atom is 0.263 e. The third-order valence-electron chi connectivity index (χ3n) is 3.35. The van der Waals surface area contributed by atoms with Crippen LogP contribution in [0.25, 0.3) is 0 Å². The van der Waals surface area contributed by atoms with Crippen molar-refractivity contribution in [3.8, 4) is 0 Å². The van der Waals surface area contributed by atoms with Gasteiger partial charge in [-0.2, -0.15) is 0 Å². The van der Waals surface area contributed by atoms with E-state index in [1.165, 1.54) is 18.8 Å². The standard InChI is InChI=1S/C15H16ClN3O4S/c1-17-11(20)7-24-8-12(21)18-5-6-19-14(22)9-3-2-4-10(16)13(9)15(19)23/h2-4H,5-8H2,1H3,(H,17,20)(H,18,21). The summed E-state index contributed by atoms with van der Waals surface area (Å²) in [4.78, 5) is 48.2. The molecule has 0 spiro atoms. The molecule has 1 aromatic carbocycles. The molecular weight excluding hydrogens is 354 g/mol. The number of hydrogen-bond donors (Lipinski definition) is 2. The average Bonchev–Trinajstić information content (AvgIpc) is 2.80. The minimum absolute atomic E-state index is 0.0640. The Bertz CT molecular complexity index is 695. The molecule has 0 fully saturated rings. The van der Waals surface area contributed by atoms with Gasteiger partial charge in [0.15, 0.2) is 0 Å². The largest absolute Gasteiger partial charge is 0.358 e. The molecule has 1 aliphatic heterocycles. The molecule has 2 rings (SSSR count). The molecule has 0 aromatic heterocycles. The summed E-state index contributed by atoms with van der Waals surface area (Å²) in [5.74, 6) is -0.971. The second-order valence-electron chi connectivity index (χ2n) is 4.94. The molecule has 0 radical (unpaired) electrons. The number of benzene rings is 1. The zero-order chi connectivity index (χ0) is 17.7. The molecular formula is C15H16ClN3O4S. The summed E-state index contributed by atoms with van der Waals surface area (Å²) < 4.78 is 0. The molecule has 0 saturated carbocycles. The van der Waals surface area contributed by atoms with E-state index in [1.807, 2.05) is 0 Å². The molecule has 128 valence electrons. The lowest BCUT2D eigenvalue weighted by Gasteiger charge is -2.14. The lowest BCUT2D eigenvalue weighted by atomic mass is 10.1. The first-order chi connectivity index (χ1) is 11.5. The fraction of sp³-hybridized carbons (Fsp3) is 0.333. The molecule has 2 N–H and O–H groups in total. The van der Waals surface area contributed by atoms with Crippen LogP contribution in [0.15, 0.2) is 18.2 Å². The Morgan fingerprint density at radius 1 is 1.17 bits per heavy atom. The Morgan fingerprint density at radius 2 is 1.88 bits per heavy atom. The van der Waals surface area contributed by atoms with Gasteiger partial charge in [0.25, 0.3) is 11.8 Å². The Labute approximate surface area is 148 Å². The van der Waals surface area contributed by atoms with E-state index >= 15 is 0 Å². The number of fused-ring (bicyclic) bond motifs is 1. The lowest BCUT2D eigenvalue weighted by Crippen LogP contribution is -2.38. The Hall–Kier alpha value is -2.06. The highest BCUT2D eigenvalue weighted by Crippen LogP contribution is 2.28. The summed E-state index contributed by atoms with van der Waals surface area (Å²) in [7, 11) is 1.53. The van der Waals surface area contributed by atoms with Crippen LogP contribution in [0.3, 0.4) is 0 Å². The molecule has 1 aliphatic rings. The number of nitrogens with zero attached hydrogens (tertiary/aromatic N) is 1. The highest BCUT2D eigenvalue weighted by Gasteiger charge is 2.36. The van der Waals surface area contributed by atoms with Crippen molar-refractivity contribution < 1.29 is 19.2 Å². The van der Waals surface area contributed by atoms with Crippen molar-refractivity contribution in [3.63, 3.8) is 0 Å². The van der Waals surface area contributed by atoms with Gasteiger partial charge in [-0.05, 0) is 12.1 Å². The van der Waals surface area contributed by atoms with E-state index in [2.05, 4.69) is 10.6 Å². The van der Waals surface area contributed by atoms with Crippen molar-refractivity contribution >= 4 is 47.0 Å². The Balaban J connectivity index is 1.81. The zero-order valence-corrected chi connectivity index (χ0v) is 14.5. The number of imide groups is 1. The van der Waals surface area contributed by atoms with Crippen LogP contribution in [-0.2, 0) is 9.59 Å². The Morgan fingerprint density at radius 3 is 2.54 bits per heavy atom. The fourth-order valence-corrected chi connectivity index (χ4v) is 3.14. The topological polar surface area (TPSA) is 95.6 Å². The van der Waals surface area contributed by atoms with Gasteiger partial charge < -0.3 is 10.6 Å². The first kappa shape index (κ1) is 18.3. The number of carbonyl (C=O) groups is 4. The number of nitrogens with one attached hydrogen (secondary N) is 2. The normalized spacial score (nSPS) is 13.0. The van der Waals surface area contributed by atoms with Gasteiger partial charge in [-0.15, -0.1) is 11.8 Å². The van der Waals surface area contributed by atoms with Crippen molar-refractivity contribution in [1.82, 2.24) is 15.5 Å². The molecule has 9 heteroatoms. The van der Waals surface area contributed by atoms with Gasteiger partial charge in [-0.3, -0.25) is 24.1 Å². The first-order valence-corrected chi connectivity index (χ1v) is 8.68. The van der Waals surface area contributed by atoms with Gasteiger partial charge in [-0.1, -0.05) is 17.7 Å². The highest BCUT2D eigenvalue weighted by molar-refractivity contribution is 8.00. The zero-order valence-electron chi connectivity index (χ0n) is 12.9. The molecule has 0 aliphatic carbocycles. The van der Waals surface area contributed by atoms with Gasteiger partial charge in [0, 0.05) is 20.1 Å². The number of thioether (sulfide) groups is 1. The molecule has 1 heterocycles. The van der Waals surface area contributed by atoms with Crippen LogP contribution in [-0.4, -0.2) is 60.2 Å². The first-order valence-electron chi connectivity index (χ1n) is 7.15. The minimum Gasteiger partial charge on any atom is -0.358 e. The Kier molecular flexibility index (Phi) is 6.22. The van der Waals surface area contributed by atoms with Crippen molar-refractivity contribution in [3.05, 3.63) is 34.3 Å². The van der Waals surface area contributed by atoms with Crippen LogP contribution in [0.2, 0.25) is 5.02 Å². The van der Waals surface area contributed by atoms with Crippen molar-refractivity contribution in [1.29, 1.82) is 0 Å². The molecule has 7 nitrogen and oxygen atoms in total. The van der Waals surface area contributed by atoms with E-state index < -0.39 is 11.8 Å². The van der Waals surface area contributed by atoms with Gasteiger partial charge in [-0.25, -0.2) is 0 Å². The predicted molar refractivity (Wildman–Crippen MR) is 91.2 cm³/mol. The van der Waals surface area contributed by atoms with Crippen LogP contribution < -0.4 is 10.6 Å². The van der Waals surface area contributed by atoms with Crippen molar-refractivity contribution in [2.45, 2.75) is 0 Å². The van der Waals surface area contributed by atoms with E-state index in [-0.39, 0.29) is 52.6 Å². The molecule has 0 unspecified atom stereocenters. The van der Waals surface area contributed by atoms with Crippen molar-refractivity contribution in [2.24, 2.45) is 0 Å². The van der Waals surface area contributed by atoms with E-state index in [1.54, 1.807) is 18.2 Å². The molecule has 24 heavy (non-hydrogen) atoms. The second-order valence-corrected chi connectivity index (χ2v) is 6.33. The van der Waals surface area contributed by atoms with Crippen LogP contribution in [0.5, 0.6) is 0 Å². The summed E-state index contributed by atoms with van der Waals surface area (Å²) in [5.41, 5.74) is 0.483. The number of halogens is 1. The van der Waals surface area contributed by atoms with Gasteiger partial charge in [0.05, 0.1) is 27.7 Å².